The van der Waals surface area contributed by atoms with Crippen molar-refractivity contribution in [2.75, 3.05) is 5.32 Å². The minimum atomic E-state index is -0.218. The Labute approximate surface area is 173 Å². The molecule has 1 heterocycles. The highest BCUT2D eigenvalue weighted by atomic mass is 35.5. The highest BCUT2D eigenvalue weighted by Crippen LogP contribution is 2.24. The smallest absolute Gasteiger partial charge is 0.258 e. The maximum atomic E-state index is 13.0. The molecule has 0 aliphatic heterocycles. The summed E-state index contributed by atoms with van der Waals surface area (Å²) in [7, 11) is 0. The summed E-state index contributed by atoms with van der Waals surface area (Å²) in [5.74, 6) is 0.900. The molecule has 0 radical (unpaired) electrons. The van der Waals surface area contributed by atoms with Gasteiger partial charge >= 0.3 is 0 Å². The van der Waals surface area contributed by atoms with Gasteiger partial charge in [-0.25, -0.2) is 4.98 Å². The first-order valence-corrected chi connectivity index (χ1v) is 10.3. The maximum Gasteiger partial charge on any atom is 0.258 e. The van der Waals surface area contributed by atoms with Crippen LogP contribution in [0.4, 0.5) is 5.13 Å². The number of nitrogens with one attached hydrogen (secondary N) is 1. The lowest BCUT2D eigenvalue weighted by Gasteiger charge is -2.10. The lowest BCUT2D eigenvalue weighted by Crippen LogP contribution is -2.13. The molecule has 0 atom stereocenters. The highest BCUT2D eigenvalue weighted by molar-refractivity contribution is 7.14. The number of halogens is 1. The van der Waals surface area contributed by atoms with Crippen LogP contribution < -0.4 is 10.1 Å². The number of nitrogens with zero attached hydrogens (tertiary/aromatic N) is 1. The maximum absolute atomic E-state index is 13.0. The lowest BCUT2D eigenvalue weighted by molar-refractivity contribution is -0.111. The molecule has 144 valence electrons. The average Bonchev–Trinajstić information content (AvgIpc) is 3.15. The summed E-state index contributed by atoms with van der Waals surface area (Å²) in [5, 5.41) is 5.24. The fourth-order valence-corrected chi connectivity index (χ4v) is 3.50. The number of thiazole rings is 1. The molecule has 0 aliphatic rings. The van der Waals surface area contributed by atoms with Crippen LogP contribution in [0.3, 0.4) is 0 Å². The number of hydrogen-bond donors (Lipinski definition) is 1. The Morgan fingerprint density at radius 2 is 1.89 bits per heavy atom. The van der Waals surface area contributed by atoms with E-state index < -0.39 is 0 Å². The van der Waals surface area contributed by atoms with Crippen LogP contribution in [0.25, 0.3) is 11.6 Å². The van der Waals surface area contributed by atoms with Crippen LogP contribution in [-0.4, -0.2) is 17.0 Å². The molecule has 0 bridgehead atoms. The van der Waals surface area contributed by atoms with E-state index in [-0.39, 0.29) is 12.0 Å². The van der Waals surface area contributed by atoms with Gasteiger partial charge in [-0.05, 0) is 43.2 Å². The van der Waals surface area contributed by atoms with Crippen LogP contribution in [-0.2, 0) is 10.7 Å². The van der Waals surface area contributed by atoms with E-state index in [0.29, 0.717) is 16.6 Å². The number of carbonyl (C=O) groups is 1. The van der Waals surface area contributed by atoms with E-state index >= 15 is 0 Å². The van der Waals surface area contributed by atoms with Crippen LogP contribution in [0.15, 0.2) is 60.0 Å². The summed E-state index contributed by atoms with van der Waals surface area (Å²) >= 11 is 7.15. The van der Waals surface area contributed by atoms with Gasteiger partial charge in [0.15, 0.2) is 5.13 Å². The van der Waals surface area contributed by atoms with Crippen molar-refractivity contribution in [3.63, 3.8) is 0 Å². The van der Waals surface area contributed by atoms with Crippen molar-refractivity contribution < 1.29 is 9.53 Å². The topological polar surface area (TPSA) is 51.2 Å². The molecular weight excluding hydrogens is 392 g/mol. The van der Waals surface area contributed by atoms with E-state index in [2.05, 4.69) is 10.3 Å². The first-order chi connectivity index (χ1) is 13.5. The number of amides is 1. The molecule has 28 heavy (non-hydrogen) atoms. The quantitative estimate of drug-likeness (QED) is 0.301. The van der Waals surface area contributed by atoms with Gasteiger partial charge in [-0.2, -0.15) is 0 Å². The number of ether oxygens (including phenoxy) is 1. The Kier molecular flexibility index (Phi) is 6.85. The lowest BCUT2D eigenvalue weighted by atomic mass is 10.0. The fraction of sp³-hybridized carbons (Fsp3) is 0.182. The zero-order valence-electron chi connectivity index (χ0n) is 15.7. The first-order valence-electron chi connectivity index (χ1n) is 8.90. The molecule has 3 aromatic rings. The second-order valence-corrected chi connectivity index (χ2v) is 7.52. The predicted molar refractivity (Wildman–Crippen MR) is 117 cm³/mol. The molecule has 0 saturated carbocycles. The van der Waals surface area contributed by atoms with E-state index in [0.717, 1.165) is 22.6 Å². The van der Waals surface area contributed by atoms with Gasteiger partial charge in [0.05, 0.1) is 17.7 Å². The van der Waals surface area contributed by atoms with Crippen LogP contribution in [0.2, 0.25) is 0 Å². The van der Waals surface area contributed by atoms with Gasteiger partial charge in [-0.1, -0.05) is 42.5 Å². The zero-order chi connectivity index (χ0) is 19.9. The van der Waals surface area contributed by atoms with Gasteiger partial charge in [-0.15, -0.1) is 22.9 Å². The molecule has 0 unspecified atom stereocenters. The van der Waals surface area contributed by atoms with Gasteiger partial charge in [0.25, 0.3) is 5.91 Å². The summed E-state index contributed by atoms with van der Waals surface area (Å²) in [6.45, 7) is 3.97. The molecule has 1 amide bonds. The summed E-state index contributed by atoms with van der Waals surface area (Å²) in [5.41, 5.74) is 3.04. The Hall–Kier alpha value is -2.63. The second kappa shape index (κ2) is 9.53. The van der Waals surface area contributed by atoms with Crippen molar-refractivity contribution in [2.24, 2.45) is 0 Å². The van der Waals surface area contributed by atoms with E-state index in [1.54, 1.807) is 0 Å². The molecule has 0 spiro atoms. The van der Waals surface area contributed by atoms with E-state index in [9.17, 15) is 4.79 Å². The van der Waals surface area contributed by atoms with E-state index in [4.69, 9.17) is 16.3 Å². The minimum Gasteiger partial charge on any atom is -0.491 e. The van der Waals surface area contributed by atoms with Crippen LogP contribution >= 0.6 is 22.9 Å². The SMILES string of the molecule is CC(C)Oc1ccc(/C=C(/C(=O)Nc2nc(CCl)cs2)c2ccccc2)cc1. The molecular formula is C22H21ClN2O2S. The summed E-state index contributed by atoms with van der Waals surface area (Å²) in [6, 6.07) is 17.2. The monoisotopic (exact) mass is 412 g/mol. The van der Waals surface area contributed by atoms with E-state index in [1.807, 2.05) is 79.9 Å². The van der Waals surface area contributed by atoms with Crippen molar-refractivity contribution in [2.45, 2.75) is 25.8 Å². The molecule has 1 aromatic heterocycles. The van der Waals surface area contributed by atoms with Crippen LogP contribution in [0.1, 0.15) is 30.7 Å². The van der Waals surface area contributed by atoms with Crippen molar-refractivity contribution in [3.8, 4) is 5.75 Å². The summed E-state index contributed by atoms with van der Waals surface area (Å²) in [6.07, 6.45) is 1.98. The number of carbonyl (C=O) groups excluding carboxylic acids is 1. The third-order valence-electron chi connectivity index (χ3n) is 3.80. The second-order valence-electron chi connectivity index (χ2n) is 6.39. The Morgan fingerprint density at radius 1 is 1.18 bits per heavy atom. The number of aromatic nitrogens is 1. The molecule has 0 saturated heterocycles. The molecule has 2 aromatic carbocycles. The number of anilines is 1. The van der Waals surface area contributed by atoms with Crippen LogP contribution in [0, 0.1) is 0 Å². The molecule has 1 N–H and O–H groups in total. The molecule has 0 aliphatic carbocycles. The number of alkyl halides is 1. The highest BCUT2D eigenvalue weighted by Gasteiger charge is 2.14. The van der Waals surface area contributed by atoms with Gasteiger partial charge in [0, 0.05) is 11.0 Å². The number of benzene rings is 2. The fourth-order valence-electron chi connectivity index (χ4n) is 2.57. The van der Waals surface area contributed by atoms with Crippen molar-refractivity contribution in [1.29, 1.82) is 0 Å². The Morgan fingerprint density at radius 3 is 2.50 bits per heavy atom. The van der Waals surface area contributed by atoms with E-state index in [1.165, 1.54) is 11.3 Å². The van der Waals surface area contributed by atoms with Crippen molar-refractivity contribution in [1.82, 2.24) is 4.98 Å². The predicted octanol–water partition coefficient (Wildman–Crippen LogP) is 5.85. The largest absolute Gasteiger partial charge is 0.491 e. The van der Waals surface area contributed by atoms with Gasteiger partial charge in [0.1, 0.15) is 5.75 Å². The van der Waals surface area contributed by atoms with Gasteiger partial charge in [0.2, 0.25) is 0 Å². The van der Waals surface area contributed by atoms with Crippen molar-refractivity contribution in [3.05, 3.63) is 76.8 Å². The van der Waals surface area contributed by atoms with Gasteiger partial charge < -0.3 is 4.74 Å². The third kappa shape index (κ3) is 5.44. The number of rotatable bonds is 7. The average molecular weight is 413 g/mol. The molecule has 4 nitrogen and oxygen atoms in total. The standard InChI is InChI=1S/C22H21ClN2O2S/c1-15(2)27-19-10-8-16(9-11-19)12-20(17-6-4-3-5-7-17)21(26)25-22-24-18(13-23)14-28-22/h3-12,14-15H,13H2,1-2H3,(H,24,25,26)/b20-12+. The first kappa shape index (κ1) is 20.1. The number of hydrogen-bond acceptors (Lipinski definition) is 4. The Bertz CT molecular complexity index is 950. The summed E-state index contributed by atoms with van der Waals surface area (Å²) < 4.78 is 5.68. The van der Waals surface area contributed by atoms with Crippen molar-refractivity contribution >= 4 is 45.6 Å². The summed E-state index contributed by atoms with van der Waals surface area (Å²) in [4.78, 5) is 17.3. The van der Waals surface area contributed by atoms with Gasteiger partial charge in [-0.3, -0.25) is 10.1 Å². The Balaban J connectivity index is 1.88. The molecule has 6 heteroatoms. The normalized spacial score (nSPS) is 11.5. The van der Waals surface area contributed by atoms with Crippen LogP contribution in [0.5, 0.6) is 5.75 Å². The zero-order valence-corrected chi connectivity index (χ0v) is 17.3. The minimum absolute atomic E-state index is 0.114. The molecule has 0 fully saturated rings. The third-order valence-corrected chi connectivity index (χ3v) is 4.88. The molecule has 3 rings (SSSR count).